The minimum atomic E-state index is -0.961. The van der Waals surface area contributed by atoms with Crippen molar-refractivity contribution in [1.29, 1.82) is 0 Å². The van der Waals surface area contributed by atoms with Crippen molar-refractivity contribution in [1.82, 2.24) is 10.6 Å². The van der Waals surface area contributed by atoms with Gasteiger partial charge in [0, 0.05) is 6.54 Å². The smallest absolute Gasteiger partial charge is 0.328 e. The Balaban J connectivity index is 4.28. The molecule has 0 aromatic rings. The van der Waals surface area contributed by atoms with Crippen LogP contribution in [0, 0.1) is 0 Å². The van der Waals surface area contributed by atoms with Crippen molar-refractivity contribution in [3.63, 3.8) is 0 Å². The van der Waals surface area contributed by atoms with Crippen LogP contribution in [-0.2, 0) is 14.3 Å². The highest BCUT2D eigenvalue weighted by atomic mass is 16.6. The monoisotopic (exact) mass is 275 g/mol. The number of carbonyl (C=O) groups is 2. The van der Waals surface area contributed by atoms with Crippen molar-refractivity contribution in [3.05, 3.63) is 0 Å². The molecule has 3 atom stereocenters. The molecule has 0 heterocycles. The highest BCUT2D eigenvalue weighted by Gasteiger charge is 2.25. The summed E-state index contributed by atoms with van der Waals surface area (Å²) in [4.78, 5) is 23.4. The molecule has 1 unspecified atom stereocenters. The Kier molecular flexibility index (Phi) is 6.96. The van der Waals surface area contributed by atoms with Crippen LogP contribution in [0.4, 0.5) is 0 Å². The van der Waals surface area contributed by atoms with E-state index in [-0.39, 0.29) is 6.54 Å². The number of aliphatic hydroxyl groups is 1. The lowest BCUT2D eigenvalue weighted by Gasteiger charge is -2.24. The van der Waals surface area contributed by atoms with Crippen LogP contribution in [-0.4, -0.2) is 47.4 Å². The Morgan fingerprint density at radius 1 is 1.26 bits per heavy atom. The maximum Gasteiger partial charge on any atom is 0.328 e. The Hall–Kier alpha value is -1.18. The molecule has 0 aliphatic carbocycles. The molecule has 0 bridgehead atoms. The molecule has 0 saturated heterocycles. The molecular weight excluding hydrogens is 250 g/mol. The van der Waals surface area contributed by atoms with Gasteiger partial charge in [0.25, 0.3) is 0 Å². The largest absolute Gasteiger partial charge is 0.458 e. The van der Waals surface area contributed by atoms with E-state index in [9.17, 15) is 14.7 Å². The van der Waals surface area contributed by atoms with Crippen LogP contribution in [0.3, 0.4) is 0 Å². The molecule has 7 heteroatoms. The van der Waals surface area contributed by atoms with Crippen molar-refractivity contribution in [2.24, 2.45) is 5.73 Å². The summed E-state index contributed by atoms with van der Waals surface area (Å²) in [6.07, 6.45) is -0.961. The zero-order chi connectivity index (χ0) is 15.2. The molecule has 112 valence electrons. The van der Waals surface area contributed by atoms with Gasteiger partial charge in [0.1, 0.15) is 17.9 Å². The quantitative estimate of drug-likeness (QED) is 0.368. The van der Waals surface area contributed by atoms with Gasteiger partial charge in [0.15, 0.2) is 0 Å². The third kappa shape index (κ3) is 7.76. The fraction of sp³-hybridized carbons (Fsp3) is 0.833. The number of nitrogens with two attached hydrogens (primary N) is 1. The average Bonchev–Trinajstić information content (AvgIpc) is 2.26. The molecule has 19 heavy (non-hydrogen) atoms. The molecular formula is C12H25N3O4. The molecule has 0 saturated carbocycles. The maximum atomic E-state index is 11.7. The summed E-state index contributed by atoms with van der Waals surface area (Å²) in [6, 6.07) is -1.42. The molecule has 0 aliphatic rings. The van der Waals surface area contributed by atoms with E-state index < -0.39 is 35.8 Å². The summed E-state index contributed by atoms with van der Waals surface area (Å²) in [5.74, 6) is -0.918. The Bertz CT molecular complexity index is 315. The summed E-state index contributed by atoms with van der Waals surface area (Å²) in [7, 11) is 0. The van der Waals surface area contributed by atoms with Crippen LogP contribution in [0.1, 0.15) is 34.6 Å². The van der Waals surface area contributed by atoms with Crippen molar-refractivity contribution in [2.45, 2.75) is 58.5 Å². The topological polar surface area (TPSA) is 114 Å². The van der Waals surface area contributed by atoms with Gasteiger partial charge in [-0.1, -0.05) is 0 Å². The van der Waals surface area contributed by atoms with Gasteiger partial charge in [-0.15, -0.1) is 0 Å². The van der Waals surface area contributed by atoms with Crippen LogP contribution in [0.25, 0.3) is 0 Å². The lowest BCUT2D eigenvalue weighted by atomic mass is 10.2. The van der Waals surface area contributed by atoms with Crippen molar-refractivity contribution < 1.29 is 19.4 Å². The fourth-order valence-corrected chi connectivity index (χ4v) is 1.22. The summed E-state index contributed by atoms with van der Waals surface area (Å²) >= 11 is 0. The van der Waals surface area contributed by atoms with Gasteiger partial charge in [0.05, 0.1) is 6.04 Å². The van der Waals surface area contributed by atoms with E-state index in [0.29, 0.717) is 0 Å². The average molecular weight is 275 g/mol. The van der Waals surface area contributed by atoms with Gasteiger partial charge in [-0.25, -0.2) is 4.79 Å². The molecule has 0 rings (SSSR count). The van der Waals surface area contributed by atoms with Gasteiger partial charge >= 0.3 is 5.97 Å². The minimum Gasteiger partial charge on any atom is -0.458 e. The highest BCUT2D eigenvalue weighted by Crippen LogP contribution is 2.08. The van der Waals surface area contributed by atoms with Crippen LogP contribution in [0.2, 0.25) is 0 Å². The van der Waals surface area contributed by atoms with Crippen LogP contribution >= 0.6 is 0 Å². The molecule has 0 fully saturated rings. The van der Waals surface area contributed by atoms with Gasteiger partial charge in [-0.3, -0.25) is 10.1 Å². The predicted molar refractivity (Wildman–Crippen MR) is 71.1 cm³/mol. The normalized spacial score (nSPS) is 16.4. The number of nitrogens with one attached hydrogen (secondary N) is 2. The first-order valence-corrected chi connectivity index (χ1v) is 6.24. The first-order valence-electron chi connectivity index (χ1n) is 6.24. The van der Waals surface area contributed by atoms with E-state index in [1.54, 1.807) is 27.7 Å². The summed E-state index contributed by atoms with van der Waals surface area (Å²) in [5.41, 5.74) is 4.62. The van der Waals surface area contributed by atoms with E-state index in [1.807, 2.05) is 0 Å². The molecule has 0 spiro atoms. The van der Waals surface area contributed by atoms with E-state index in [0.717, 1.165) is 0 Å². The third-order valence-electron chi connectivity index (χ3n) is 2.18. The molecule has 0 aromatic heterocycles. The summed E-state index contributed by atoms with van der Waals surface area (Å²) in [5, 5.41) is 14.4. The number of amides is 1. The zero-order valence-corrected chi connectivity index (χ0v) is 12.2. The Morgan fingerprint density at radius 3 is 2.21 bits per heavy atom. The van der Waals surface area contributed by atoms with Gasteiger partial charge < -0.3 is 20.9 Å². The van der Waals surface area contributed by atoms with Gasteiger partial charge in [-0.05, 0) is 34.6 Å². The van der Waals surface area contributed by atoms with E-state index in [2.05, 4.69) is 10.6 Å². The lowest BCUT2D eigenvalue weighted by Crippen LogP contribution is -2.52. The van der Waals surface area contributed by atoms with Gasteiger partial charge in [-0.2, -0.15) is 0 Å². The maximum absolute atomic E-state index is 11.7. The standard InChI is InChI=1S/C12H25N3O4/c1-7(14-9(16)6-13)10(17)15-8(2)11(18)19-12(3,4)5/h7-9,14,16H,6,13H2,1-5H3,(H,15,17)/t7-,8-,9?/m0/s1. The van der Waals surface area contributed by atoms with E-state index in [4.69, 9.17) is 10.5 Å². The van der Waals surface area contributed by atoms with Crippen LogP contribution in [0.5, 0.6) is 0 Å². The van der Waals surface area contributed by atoms with E-state index >= 15 is 0 Å². The number of esters is 1. The second-order valence-corrected chi connectivity index (χ2v) is 5.40. The lowest BCUT2D eigenvalue weighted by molar-refractivity contribution is -0.158. The number of carbonyl (C=O) groups excluding carboxylic acids is 2. The van der Waals surface area contributed by atoms with Crippen molar-refractivity contribution in [3.8, 4) is 0 Å². The van der Waals surface area contributed by atoms with E-state index in [1.165, 1.54) is 6.92 Å². The Labute approximate surface area is 113 Å². The number of hydrogen-bond donors (Lipinski definition) is 4. The summed E-state index contributed by atoms with van der Waals surface area (Å²) in [6.45, 7) is 8.36. The molecule has 0 radical (unpaired) electrons. The predicted octanol–water partition coefficient (Wildman–Crippen LogP) is -0.912. The number of hydrogen-bond acceptors (Lipinski definition) is 6. The first kappa shape index (κ1) is 17.8. The molecule has 5 N–H and O–H groups in total. The van der Waals surface area contributed by atoms with Crippen molar-refractivity contribution >= 4 is 11.9 Å². The summed E-state index contributed by atoms with van der Waals surface area (Å²) < 4.78 is 5.14. The molecule has 0 aromatic carbocycles. The highest BCUT2D eigenvalue weighted by molar-refractivity contribution is 5.87. The second kappa shape index (κ2) is 7.42. The SMILES string of the molecule is C[C@H](NC(O)CN)C(=O)N[C@@H](C)C(=O)OC(C)(C)C. The number of aliphatic hydroxyl groups excluding tert-OH is 1. The number of rotatable bonds is 6. The van der Waals surface area contributed by atoms with Crippen LogP contribution < -0.4 is 16.4 Å². The molecule has 0 aliphatic heterocycles. The minimum absolute atomic E-state index is 0.000755. The van der Waals surface area contributed by atoms with Gasteiger partial charge in [0.2, 0.25) is 5.91 Å². The molecule has 1 amide bonds. The zero-order valence-electron chi connectivity index (χ0n) is 12.2. The van der Waals surface area contributed by atoms with Crippen LogP contribution in [0.15, 0.2) is 0 Å². The first-order chi connectivity index (χ1) is 8.56. The van der Waals surface area contributed by atoms with Crippen molar-refractivity contribution in [2.75, 3.05) is 6.54 Å². The fourth-order valence-electron chi connectivity index (χ4n) is 1.22. The Morgan fingerprint density at radius 2 is 1.79 bits per heavy atom. The third-order valence-corrected chi connectivity index (χ3v) is 2.18. The molecule has 7 nitrogen and oxygen atoms in total. The second-order valence-electron chi connectivity index (χ2n) is 5.40. The number of ether oxygens (including phenoxy) is 1.